The van der Waals surface area contributed by atoms with Crippen LogP contribution in [0, 0.1) is 30.1 Å². The first-order chi connectivity index (χ1) is 15.0. The third-order valence-corrected chi connectivity index (χ3v) is 5.36. The highest BCUT2D eigenvalue weighted by molar-refractivity contribution is 7.10. The van der Waals surface area contributed by atoms with E-state index in [1.807, 2.05) is 6.07 Å². The van der Waals surface area contributed by atoms with Crippen molar-refractivity contribution in [2.75, 3.05) is 5.32 Å². The fourth-order valence-corrected chi connectivity index (χ4v) is 3.75. The summed E-state index contributed by atoms with van der Waals surface area (Å²) in [6.45, 7) is 1.78. The first-order valence-electron chi connectivity index (χ1n) is 9.21. The monoisotopic (exact) mass is 426 g/mol. The van der Waals surface area contributed by atoms with Crippen LogP contribution in [0.1, 0.15) is 33.0 Å². The minimum absolute atomic E-state index is 0.109. The number of nitriles is 1. The van der Waals surface area contributed by atoms with E-state index in [0.717, 1.165) is 17.2 Å². The van der Waals surface area contributed by atoms with Crippen LogP contribution in [0.15, 0.2) is 59.8 Å². The highest BCUT2D eigenvalue weighted by Crippen LogP contribution is 2.22. The zero-order valence-corrected chi connectivity index (χ0v) is 17.1. The molecule has 0 unspecified atom stereocenters. The number of nitrogens with one attached hydrogen (secondary N) is 1. The Kier molecular flexibility index (Phi) is 5.31. The van der Waals surface area contributed by atoms with Gasteiger partial charge in [-0.3, -0.25) is 14.4 Å². The zero-order chi connectivity index (χ0) is 22.0. The normalized spacial score (nSPS) is 12.6. The van der Waals surface area contributed by atoms with Gasteiger partial charge in [-0.15, -0.1) is 0 Å². The van der Waals surface area contributed by atoms with Crippen LogP contribution >= 0.6 is 11.5 Å². The summed E-state index contributed by atoms with van der Waals surface area (Å²) < 4.78 is 5.63. The molecule has 150 valence electrons. The van der Waals surface area contributed by atoms with Crippen molar-refractivity contribution in [2.24, 2.45) is 0 Å². The Hall–Kier alpha value is -4.27. The number of anilines is 1. The second-order valence-corrected chi connectivity index (χ2v) is 7.51. The summed E-state index contributed by atoms with van der Waals surface area (Å²) in [6, 6.07) is 10.2. The first kappa shape index (κ1) is 20.0. The summed E-state index contributed by atoms with van der Waals surface area (Å²) in [5.41, 5.74) is 2.15. The lowest BCUT2D eigenvalue weighted by Crippen LogP contribution is -2.22. The van der Waals surface area contributed by atoms with Gasteiger partial charge in [-0.2, -0.15) is 9.64 Å². The van der Waals surface area contributed by atoms with E-state index in [1.165, 1.54) is 12.1 Å². The minimum atomic E-state index is -0.811. The molecule has 3 heterocycles. The Morgan fingerprint density at radius 3 is 2.84 bits per heavy atom. The second kappa shape index (κ2) is 8.23. The number of aryl methyl sites for hydroxylation is 1. The number of hydrogen-bond donors (Lipinski definition) is 1. The van der Waals surface area contributed by atoms with Gasteiger partial charge in [0, 0.05) is 18.2 Å². The topological polar surface area (TPSA) is 104 Å². The minimum Gasteiger partial charge on any atom is -0.313 e. The van der Waals surface area contributed by atoms with E-state index in [1.54, 1.807) is 47.9 Å². The predicted octanol–water partition coefficient (Wildman–Crippen LogP) is 3.49. The number of aromatic nitrogens is 2. The van der Waals surface area contributed by atoms with Crippen LogP contribution in [0.3, 0.4) is 0 Å². The maximum atomic E-state index is 13.1. The summed E-state index contributed by atoms with van der Waals surface area (Å²) in [5, 5.41) is 12.1. The summed E-state index contributed by atoms with van der Waals surface area (Å²) in [7, 11) is 0. The fraction of sp³-hybridized carbons (Fsp3) is 0.0870. The summed E-state index contributed by atoms with van der Waals surface area (Å²) in [6.07, 6.45) is 4.96. The van der Waals surface area contributed by atoms with Gasteiger partial charge >= 0.3 is 0 Å². The van der Waals surface area contributed by atoms with Crippen LogP contribution in [0.5, 0.6) is 0 Å². The third-order valence-electron chi connectivity index (χ3n) is 4.57. The van der Waals surface area contributed by atoms with Crippen LogP contribution in [0.25, 0.3) is 5.52 Å². The molecule has 0 aromatic carbocycles. The van der Waals surface area contributed by atoms with Crippen LogP contribution in [-0.4, -0.2) is 26.2 Å². The molecule has 0 fully saturated rings. The van der Waals surface area contributed by atoms with Gasteiger partial charge in [0.2, 0.25) is 5.78 Å². The molecule has 0 atom stereocenters. The highest BCUT2D eigenvalue weighted by Gasteiger charge is 2.25. The molecule has 7 nitrogen and oxygen atoms in total. The molecule has 1 aliphatic rings. The molecule has 0 saturated carbocycles. The molecule has 3 aromatic rings. The summed E-state index contributed by atoms with van der Waals surface area (Å²) in [5.74, 6) is 3.60. The van der Waals surface area contributed by atoms with Crippen molar-refractivity contribution in [3.05, 3.63) is 76.8 Å². The summed E-state index contributed by atoms with van der Waals surface area (Å²) >= 11 is 1.08. The average molecular weight is 426 g/mol. The Bertz CT molecular complexity index is 1420. The average Bonchev–Trinajstić information content (AvgIpc) is 3.27. The van der Waals surface area contributed by atoms with Crippen molar-refractivity contribution >= 4 is 39.5 Å². The van der Waals surface area contributed by atoms with Crippen LogP contribution in [0.2, 0.25) is 0 Å². The SMILES string of the molecule is Cc1cc(NC(=O)C(=O)c2cc(C(=O)C3=CC=C(C#N)CC#C3)n3ccccc23)sn1. The second-order valence-electron chi connectivity index (χ2n) is 6.71. The molecule has 4 rings (SSSR count). The van der Waals surface area contributed by atoms with Crippen molar-refractivity contribution in [1.29, 1.82) is 5.26 Å². The molecule has 31 heavy (non-hydrogen) atoms. The zero-order valence-electron chi connectivity index (χ0n) is 16.3. The number of pyridine rings is 1. The van der Waals surface area contributed by atoms with Crippen molar-refractivity contribution in [2.45, 2.75) is 13.3 Å². The van der Waals surface area contributed by atoms with E-state index in [4.69, 9.17) is 5.26 Å². The third kappa shape index (κ3) is 3.93. The lowest BCUT2D eigenvalue weighted by atomic mass is 10.1. The number of allylic oxidation sites excluding steroid dienone is 4. The quantitative estimate of drug-likeness (QED) is 0.382. The van der Waals surface area contributed by atoms with E-state index in [2.05, 4.69) is 21.5 Å². The molecular weight excluding hydrogens is 412 g/mol. The van der Waals surface area contributed by atoms with Gasteiger partial charge in [0.25, 0.3) is 11.7 Å². The number of Topliss-reactive ketones (excluding diaryl/α,β-unsaturated/α-hetero) is 2. The van der Waals surface area contributed by atoms with Gasteiger partial charge in [0.15, 0.2) is 0 Å². The van der Waals surface area contributed by atoms with Crippen molar-refractivity contribution in [3.8, 4) is 17.9 Å². The predicted molar refractivity (Wildman–Crippen MR) is 116 cm³/mol. The van der Waals surface area contributed by atoms with E-state index < -0.39 is 17.5 Å². The Labute approximate surface area is 181 Å². The first-order valence-corrected chi connectivity index (χ1v) is 9.99. The molecule has 8 heteroatoms. The number of ketones is 2. The lowest BCUT2D eigenvalue weighted by Gasteiger charge is -2.02. The number of amides is 1. The molecule has 1 amide bonds. The lowest BCUT2D eigenvalue weighted by molar-refractivity contribution is -0.112. The Morgan fingerprint density at radius 1 is 1.26 bits per heavy atom. The van der Waals surface area contributed by atoms with Crippen molar-refractivity contribution in [1.82, 2.24) is 8.77 Å². The van der Waals surface area contributed by atoms with Gasteiger partial charge in [-0.1, -0.05) is 17.9 Å². The molecule has 0 radical (unpaired) electrons. The van der Waals surface area contributed by atoms with Gasteiger partial charge < -0.3 is 9.72 Å². The molecule has 1 aliphatic carbocycles. The smallest absolute Gasteiger partial charge is 0.297 e. The maximum Gasteiger partial charge on any atom is 0.297 e. The molecule has 0 bridgehead atoms. The van der Waals surface area contributed by atoms with Crippen molar-refractivity contribution < 1.29 is 14.4 Å². The Balaban J connectivity index is 1.71. The van der Waals surface area contributed by atoms with Gasteiger partial charge in [0.05, 0.1) is 34.1 Å². The van der Waals surface area contributed by atoms with E-state index in [9.17, 15) is 14.4 Å². The van der Waals surface area contributed by atoms with Gasteiger partial charge in [0.1, 0.15) is 5.00 Å². The van der Waals surface area contributed by atoms with E-state index >= 15 is 0 Å². The highest BCUT2D eigenvalue weighted by atomic mass is 32.1. The number of hydrogen-bond acceptors (Lipinski definition) is 6. The molecule has 1 N–H and O–H groups in total. The fourth-order valence-electron chi connectivity index (χ4n) is 3.09. The molecule has 3 aromatic heterocycles. The Morgan fingerprint density at radius 2 is 2.10 bits per heavy atom. The van der Waals surface area contributed by atoms with E-state index in [-0.39, 0.29) is 23.3 Å². The molecule has 0 saturated heterocycles. The number of carbonyl (C=O) groups is 3. The number of fused-ring (bicyclic) bond motifs is 1. The standard InChI is InChI=1S/C23H14N4O3S/c1-14-11-20(31-26-14)25-23(30)22(29)17-12-19(27-10-3-2-7-18(17)27)21(28)16-6-4-5-15(13-24)8-9-16/h2-3,7-12H,5H2,1H3,(H,25,30). The van der Waals surface area contributed by atoms with Crippen LogP contribution < -0.4 is 5.32 Å². The summed E-state index contributed by atoms with van der Waals surface area (Å²) in [4.78, 5) is 38.5. The molecule has 0 spiro atoms. The van der Waals surface area contributed by atoms with Crippen molar-refractivity contribution in [3.63, 3.8) is 0 Å². The van der Waals surface area contributed by atoms with Crippen LogP contribution in [0.4, 0.5) is 5.00 Å². The molecule has 0 aliphatic heterocycles. The largest absolute Gasteiger partial charge is 0.313 e. The number of nitrogens with zero attached hydrogens (tertiary/aromatic N) is 3. The van der Waals surface area contributed by atoms with Gasteiger partial charge in [-0.25, -0.2) is 0 Å². The number of carbonyl (C=O) groups excluding carboxylic acids is 3. The van der Waals surface area contributed by atoms with Gasteiger partial charge in [-0.05, 0) is 54.9 Å². The molecular formula is C23H14N4O3S. The number of rotatable bonds is 5. The maximum absolute atomic E-state index is 13.1. The van der Waals surface area contributed by atoms with E-state index in [0.29, 0.717) is 16.1 Å². The van der Waals surface area contributed by atoms with Crippen LogP contribution in [-0.2, 0) is 4.79 Å².